The fourth-order valence-electron chi connectivity index (χ4n) is 8.34. The van der Waals surface area contributed by atoms with Crippen molar-refractivity contribution in [2.75, 3.05) is 11.9 Å². The predicted octanol–water partition coefficient (Wildman–Crippen LogP) is 3.21. The zero-order valence-electron chi connectivity index (χ0n) is 20.6. The van der Waals surface area contributed by atoms with E-state index in [2.05, 4.69) is 35.5 Å². The highest BCUT2D eigenvalue weighted by atomic mass is 16.3. The van der Waals surface area contributed by atoms with E-state index in [-0.39, 0.29) is 30.1 Å². The molecule has 0 radical (unpaired) electrons. The maximum atomic E-state index is 14.1. The quantitative estimate of drug-likeness (QED) is 0.651. The third-order valence-electron chi connectivity index (χ3n) is 10.0. The fraction of sp³-hybridized carbons (Fsp3) is 0.556. The van der Waals surface area contributed by atoms with Crippen molar-refractivity contribution in [1.29, 1.82) is 0 Å². The van der Waals surface area contributed by atoms with Crippen molar-refractivity contribution in [3.8, 4) is 0 Å². The van der Waals surface area contributed by atoms with E-state index in [4.69, 9.17) is 4.42 Å². The Hall–Kier alpha value is -3.16. The maximum absolute atomic E-state index is 14.1. The highest BCUT2D eigenvalue weighted by Crippen LogP contribution is 2.70. The molecule has 4 atom stereocenters. The summed E-state index contributed by atoms with van der Waals surface area (Å²) in [6, 6.07) is 1.96. The zero-order chi connectivity index (χ0) is 24.5. The third kappa shape index (κ3) is 2.13. The standard InChI is InChI=1S/C27H30N4O4/c1-14(2)6-7-15-19-16(10-17-20(15)35-13-28-17)26(22(33)29-19)12-27-18(24(26,3)4)11-25(21(32)30-27)8-5-9-31(25)23(27)34/h6,10,13,18H,5,7-9,11-12H2,1-4H3,(H,29,33)(H,30,32)/t18-,25+,26+,27+/m0/s1. The molecule has 5 aliphatic heterocycles. The Morgan fingerprint density at radius 3 is 2.83 bits per heavy atom. The summed E-state index contributed by atoms with van der Waals surface area (Å²) in [5.41, 5.74) is 1.74. The van der Waals surface area contributed by atoms with Gasteiger partial charge in [0.05, 0.1) is 11.1 Å². The number of allylic oxidation sites excluding steroid dienone is 2. The molecule has 1 saturated carbocycles. The number of amides is 3. The van der Waals surface area contributed by atoms with Gasteiger partial charge in [-0.15, -0.1) is 0 Å². The Labute approximate surface area is 203 Å². The molecule has 4 saturated heterocycles. The van der Waals surface area contributed by atoms with Crippen LogP contribution in [0.25, 0.3) is 11.1 Å². The predicted molar refractivity (Wildman–Crippen MR) is 129 cm³/mol. The summed E-state index contributed by atoms with van der Waals surface area (Å²) < 4.78 is 5.76. The molecule has 1 aromatic heterocycles. The number of anilines is 1. The van der Waals surface area contributed by atoms with Crippen LogP contribution in [0.1, 0.15) is 64.5 Å². The molecule has 2 N–H and O–H groups in total. The highest BCUT2D eigenvalue weighted by molar-refractivity contribution is 6.13. The monoisotopic (exact) mass is 474 g/mol. The first kappa shape index (κ1) is 21.1. The van der Waals surface area contributed by atoms with Gasteiger partial charge in [0.25, 0.3) is 0 Å². The number of fused-ring (bicyclic) bond motifs is 4. The minimum atomic E-state index is -1.07. The van der Waals surface area contributed by atoms with Gasteiger partial charge in [-0.25, -0.2) is 4.98 Å². The number of oxazole rings is 1. The molecule has 8 rings (SSSR count). The summed E-state index contributed by atoms with van der Waals surface area (Å²) in [4.78, 5) is 47.8. The third-order valence-corrected chi connectivity index (χ3v) is 10.0. The van der Waals surface area contributed by atoms with E-state index in [1.807, 2.05) is 24.8 Å². The van der Waals surface area contributed by atoms with Gasteiger partial charge in [-0.1, -0.05) is 25.5 Å². The second-order valence-corrected chi connectivity index (χ2v) is 12.0. The molecule has 182 valence electrons. The van der Waals surface area contributed by atoms with E-state index in [1.54, 1.807) is 0 Å². The molecule has 8 heteroatoms. The number of aromatic nitrogens is 1. The molecule has 1 aromatic carbocycles. The molecule has 6 heterocycles. The van der Waals surface area contributed by atoms with Crippen molar-refractivity contribution in [2.24, 2.45) is 11.3 Å². The lowest BCUT2D eigenvalue weighted by Gasteiger charge is -2.59. The summed E-state index contributed by atoms with van der Waals surface area (Å²) >= 11 is 0. The van der Waals surface area contributed by atoms with Gasteiger partial charge in [0.2, 0.25) is 17.7 Å². The fourth-order valence-corrected chi connectivity index (χ4v) is 8.34. The summed E-state index contributed by atoms with van der Waals surface area (Å²) in [6.07, 6.45) is 6.57. The molecule has 3 spiro atoms. The first-order valence-corrected chi connectivity index (χ1v) is 12.6. The molecule has 2 bridgehead atoms. The molecule has 0 unspecified atom stereocenters. The number of carbonyl (C=O) groups excluding carboxylic acids is 3. The van der Waals surface area contributed by atoms with Gasteiger partial charge in [-0.3, -0.25) is 14.4 Å². The van der Waals surface area contributed by atoms with Crippen molar-refractivity contribution in [3.05, 3.63) is 35.2 Å². The second kappa shape index (κ2) is 6.15. The smallest absolute Gasteiger partial charge is 0.249 e. The van der Waals surface area contributed by atoms with Crippen LogP contribution in [-0.2, 0) is 26.2 Å². The summed E-state index contributed by atoms with van der Waals surface area (Å²) in [6.45, 7) is 8.92. The lowest BCUT2D eigenvalue weighted by atomic mass is 9.57. The summed E-state index contributed by atoms with van der Waals surface area (Å²) in [5.74, 6) is -0.297. The molecule has 8 nitrogen and oxygen atoms in total. The van der Waals surface area contributed by atoms with Crippen LogP contribution < -0.4 is 10.6 Å². The number of nitrogens with zero attached hydrogens (tertiary/aromatic N) is 2. The van der Waals surface area contributed by atoms with Crippen LogP contribution in [-0.4, -0.2) is 45.2 Å². The van der Waals surface area contributed by atoms with E-state index in [0.717, 1.165) is 23.2 Å². The molecular weight excluding hydrogens is 444 g/mol. The maximum Gasteiger partial charge on any atom is 0.249 e. The van der Waals surface area contributed by atoms with Crippen molar-refractivity contribution >= 4 is 34.5 Å². The minimum Gasteiger partial charge on any atom is -0.443 e. The summed E-state index contributed by atoms with van der Waals surface area (Å²) in [5, 5.41) is 6.40. The molecular formula is C27H30N4O4. The number of benzene rings is 1. The van der Waals surface area contributed by atoms with Crippen LogP contribution >= 0.6 is 0 Å². The van der Waals surface area contributed by atoms with Crippen LogP contribution in [0.4, 0.5) is 5.69 Å². The van der Waals surface area contributed by atoms with Gasteiger partial charge in [0, 0.05) is 18.0 Å². The first-order chi connectivity index (χ1) is 16.6. The normalized spacial score (nSPS) is 35.8. The van der Waals surface area contributed by atoms with Crippen molar-refractivity contribution in [3.63, 3.8) is 0 Å². The van der Waals surface area contributed by atoms with Gasteiger partial charge >= 0.3 is 0 Å². The van der Waals surface area contributed by atoms with Gasteiger partial charge in [0.1, 0.15) is 16.6 Å². The SMILES string of the molecule is CC(C)=CCc1c2c(cc3ncoc13)[C@]1(C[C@]34NC(=O)[C@@]5(CCCN5C3=O)C[C@H]4C1(C)C)C(=O)N2. The second-order valence-electron chi connectivity index (χ2n) is 12.0. The lowest BCUT2D eigenvalue weighted by Crippen LogP contribution is -2.81. The van der Waals surface area contributed by atoms with Crippen LogP contribution in [0.5, 0.6) is 0 Å². The van der Waals surface area contributed by atoms with Crippen molar-refractivity contribution < 1.29 is 18.8 Å². The zero-order valence-corrected chi connectivity index (χ0v) is 20.6. The highest BCUT2D eigenvalue weighted by Gasteiger charge is 2.80. The number of carbonyl (C=O) groups is 3. The van der Waals surface area contributed by atoms with E-state index >= 15 is 0 Å². The largest absolute Gasteiger partial charge is 0.443 e. The van der Waals surface area contributed by atoms with Crippen LogP contribution in [0.15, 0.2) is 28.5 Å². The molecule has 5 fully saturated rings. The van der Waals surface area contributed by atoms with E-state index < -0.39 is 21.9 Å². The Kier molecular flexibility index (Phi) is 3.71. The number of rotatable bonds is 2. The average molecular weight is 475 g/mol. The van der Waals surface area contributed by atoms with Crippen LogP contribution in [0.3, 0.4) is 0 Å². The van der Waals surface area contributed by atoms with Gasteiger partial charge in [-0.05, 0) is 63.0 Å². The lowest BCUT2D eigenvalue weighted by molar-refractivity contribution is -0.175. The van der Waals surface area contributed by atoms with Gasteiger partial charge in [-0.2, -0.15) is 0 Å². The minimum absolute atomic E-state index is 0.00988. The first-order valence-electron chi connectivity index (χ1n) is 12.6. The molecule has 6 aliphatic rings. The van der Waals surface area contributed by atoms with E-state index in [0.29, 0.717) is 36.9 Å². The van der Waals surface area contributed by atoms with Crippen LogP contribution in [0, 0.1) is 11.3 Å². The number of hydrogen-bond donors (Lipinski definition) is 2. The number of hydrogen-bond acceptors (Lipinski definition) is 5. The van der Waals surface area contributed by atoms with E-state index in [1.165, 1.54) is 12.0 Å². The van der Waals surface area contributed by atoms with Crippen LogP contribution in [0.2, 0.25) is 0 Å². The molecule has 1 aliphatic carbocycles. The van der Waals surface area contributed by atoms with Crippen molar-refractivity contribution in [2.45, 2.75) is 76.3 Å². The number of nitrogens with one attached hydrogen (secondary N) is 2. The molecule has 35 heavy (non-hydrogen) atoms. The number of piperazine rings is 1. The van der Waals surface area contributed by atoms with E-state index in [9.17, 15) is 14.4 Å². The molecule has 2 aromatic rings. The Bertz CT molecular complexity index is 1400. The Morgan fingerprint density at radius 2 is 2.06 bits per heavy atom. The van der Waals surface area contributed by atoms with Gasteiger partial charge < -0.3 is 20.0 Å². The average Bonchev–Trinajstić information content (AvgIpc) is 3.53. The summed E-state index contributed by atoms with van der Waals surface area (Å²) in [7, 11) is 0. The topological polar surface area (TPSA) is 105 Å². The number of piperidine rings is 2. The Morgan fingerprint density at radius 1 is 1.26 bits per heavy atom. The Balaban J connectivity index is 1.47. The molecule has 3 amide bonds. The van der Waals surface area contributed by atoms with Crippen molar-refractivity contribution in [1.82, 2.24) is 15.2 Å². The van der Waals surface area contributed by atoms with Gasteiger partial charge in [0.15, 0.2) is 12.0 Å².